The molecule has 11 aromatic rings. The van der Waals surface area contributed by atoms with Crippen molar-refractivity contribution in [1.29, 1.82) is 0 Å². The largest absolute Gasteiger partial charge is 0.456 e. The first kappa shape index (κ1) is 50.4. The fraction of sp³-hybridized carbons (Fsp3) is 0.221. The number of benzene rings is 10. The first-order chi connectivity index (χ1) is 39.4. The Morgan fingerprint density at radius 1 is 0.476 bits per heavy atom. The second kappa shape index (κ2) is 18.0. The third-order valence-corrected chi connectivity index (χ3v) is 19.0. The zero-order valence-corrected chi connectivity index (χ0v) is 49.1. The first-order valence-electron chi connectivity index (χ1n) is 29.7. The first-order valence-corrected chi connectivity index (χ1v) is 29.7. The van der Waals surface area contributed by atoms with Gasteiger partial charge < -0.3 is 19.1 Å². The van der Waals surface area contributed by atoms with Crippen LogP contribution in [0.2, 0.25) is 0 Å². The molecule has 0 amide bonds. The minimum Gasteiger partial charge on any atom is -0.456 e. The van der Waals surface area contributed by atoms with Crippen molar-refractivity contribution in [1.82, 2.24) is 0 Å². The van der Waals surface area contributed by atoms with Crippen molar-refractivity contribution in [3.8, 4) is 22.3 Å². The van der Waals surface area contributed by atoms with E-state index in [9.17, 15) is 0 Å². The van der Waals surface area contributed by atoms with Gasteiger partial charge in [0.15, 0.2) is 0 Å². The van der Waals surface area contributed by atoms with E-state index in [-0.39, 0.29) is 28.4 Å². The Labute approximate surface area is 484 Å². The molecule has 1 aromatic heterocycles. The van der Waals surface area contributed by atoms with Crippen LogP contribution < -0.4 is 31.1 Å². The van der Waals surface area contributed by atoms with Gasteiger partial charge in [0.2, 0.25) is 0 Å². The lowest BCUT2D eigenvalue weighted by atomic mass is 9.33. The van der Waals surface area contributed by atoms with Gasteiger partial charge in [-0.05, 0) is 181 Å². The summed E-state index contributed by atoms with van der Waals surface area (Å²) in [5, 5.41) is 2.23. The Morgan fingerprint density at radius 2 is 1.11 bits per heavy atom. The molecule has 5 heteroatoms. The molecule has 0 saturated carbocycles. The van der Waals surface area contributed by atoms with Gasteiger partial charge in [-0.2, -0.15) is 0 Å². The molecular weight excluding hydrogens is 994 g/mol. The lowest BCUT2D eigenvalue weighted by Crippen LogP contribution is -2.62. The highest BCUT2D eigenvalue weighted by Crippen LogP contribution is 2.56. The van der Waals surface area contributed by atoms with Crippen LogP contribution in [0.4, 0.5) is 51.2 Å². The van der Waals surface area contributed by atoms with E-state index in [0.717, 1.165) is 69.6 Å². The second-order valence-corrected chi connectivity index (χ2v) is 27.2. The van der Waals surface area contributed by atoms with Gasteiger partial charge in [0.1, 0.15) is 11.2 Å². The Morgan fingerprint density at radius 3 is 1.79 bits per heavy atom. The van der Waals surface area contributed by atoms with Crippen LogP contribution in [-0.4, -0.2) is 6.71 Å². The van der Waals surface area contributed by atoms with Gasteiger partial charge in [-0.25, -0.2) is 0 Å². The van der Waals surface area contributed by atoms with Crippen LogP contribution in [0, 0.1) is 0 Å². The van der Waals surface area contributed by atoms with Crippen LogP contribution >= 0.6 is 0 Å². The molecule has 3 heterocycles. The van der Waals surface area contributed by atoms with E-state index in [1.807, 2.05) is 0 Å². The predicted octanol–water partition coefficient (Wildman–Crippen LogP) is 19.3. The molecule has 2 aliphatic heterocycles. The van der Waals surface area contributed by atoms with E-state index in [4.69, 9.17) is 4.42 Å². The van der Waals surface area contributed by atoms with Gasteiger partial charge in [-0.1, -0.05) is 197 Å². The summed E-state index contributed by atoms with van der Waals surface area (Å²) < 4.78 is 6.60. The summed E-state index contributed by atoms with van der Waals surface area (Å²) in [6.07, 6.45) is 3.13. The van der Waals surface area contributed by atoms with Crippen LogP contribution in [0.15, 0.2) is 211 Å². The third-order valence-electron chi connectivity index (χ3n) is 19.0. The monoisotopic (exact) mass is 1060 g/mol. The van der Waals surface area contributed by atoms with Gasteiger partial charge in [0.25, 0.3) is 6.71 Å². The fourth-order valence-electron chi connectivity index (χ4n) is 14.7. The zero-order chi connectivity index (χ0) is 56.2. The number of para-hydroxylation sites is 3. The molecular formula is C77H70BN3O. The number of rotatable bonds is 6. The Balaban J connectivity index is 1.14. The van der Waals surface area contributed by atoms with E-state index >= 15 is 0 Å². The zero-order valence-electron chi connectivity index (χ0n) is 49.1. The molecule has 2 aliphatic carbocycles. The van der Waals surface area contributed by atoms with Crippen LogP contribution in [0.3, 0.4) is 0 Å². The molecule has 0 unspecified atom stereocenters. The number of hydrogen-bond acceptors (Lipinski definition) is 4. The molecule has 4 nitrogen and oxygen atoms in total. The molecule has 402 valence electrons. The van der Waals surface area contributed by atoms with E-state index in [1.54, 1.807) is 0 Å². The number of hydrogen-bond donors (Lipinski definition) is 0. The maximum absolute atomic E-state index is 6.60. The maximum atomic E-state index is 6.60. The van der Waals surface area contributed by atoms with Crippen LogP contribution in [0.5, 0.6) is 0 Å². The van der Waals surface area contributed by atoms with Crippen molar-refractivity contribution < 1.29 is 4.42 Å². The molecule has 0 atom stereocenters. The van der Waals surface area contributed by atoms with E-state index in [2.05, 4.69) is 290 Å². The molecule has 0 spiro atoms. The number of nitrogens with zero attached hydrogens (tertiary/aromatic N) is 3. The van der Waals surface area contributed by atoms with E-state index in [1.165, 1.54) is 94.8 Å². The normalized spacial score (nSPS) is 15.4. The average molecular weight is 1060 g/mol. The minimum atomic E-state index is -0.114. The van der Waals surface area contributed by atoms with Gasteiger partial charge in [-0.3, -0.25) is 0 Å². The molecule has 10 aromatic carbocycles. The summed E-state index contributed by atoms with van der Waals surface area (Å²) in [4.78, 5) is 7.85. The second-order valence-electron chi connectivity index (χ2n) is 27.2. The minimum absolute atomic E-state index is 0.0265. The Bertz CT molecular complexity index is 4360. The van der Waals surface area contributed by atoms with Crippen molar-refractivity contribution in [2.45, 2.75) is 110 Å². The molecule has 0 bridgehead atoms. The molecule has 15 rings (SSSR count). The third kappa shape index (κ3) is 7.71. The van der Waals surface area contributed by atoms with Gasteiger partial charge in [0, 0.05) is 61.7 Å². The lowest BCUT2D eigenvalue weighted by molar-refractivity contribution is 0.332. The molecule has 0 N–H and O–H groups in total. The molecule has 4 aliphatic rings. The molecule has 82 heavy (non-hydrogen) atoms. The summed E-state index contributed by atoms with van der Waals surface area (Å²) in [7, 11) is 0. The molecule has 0 fully saturated rings. The van der Waals surface area contributed by atoms with Crippen molar-refractivity contribution in [3.63, 3.8) is 0 Å². The highest BCUT2D eigenvalue weighted by molar-refractivity contribution is 7.00. The van der Waals surface area contributed by atoms with Gasteiger partial charge in [-0.15, -0.1) is 0 Å². The highest BCUT2D eigenvalue weighted by atomic mass is 16.3. The summed E-state index contributed by atoms with van der Waals surface area (Å²) >= 11 is 0. The van der Waals surface area contributed by atoms with Crippen molar-refractivity contribution in [2.24, 2.45) is 0 Å². The Hall–Kier alpha value is -8.54. The average Bonchev–Trinajstić information content (AvgIpc) is 3.70. The van der Waals surface area contributed by atoms with Crippen molar-refractivity contribution in [3.05, 3.63) is 240 Å². The van der Waals surface area contributed by atoms with Crippen LogP contribution in [0.25, 0.3) is 44.2 Å². The molecule has 0 radical (unpaired) electrons. The summed E-state index contributed by atoms with van der Waals surface area (Å²) in [6.45, 7) is 24.0. The van der Waals surface area contributed by atoms with E-state index in [0.29, 0.717) is 0 Å². The van der Waals surface area contributed by atoms with Crippen molar-refractivity contribution >= 4 is 96.2 Å². The van der Waals surface area contributed by atoms with Crippen molar-refractivity contribution in [2.75, 3.05) is 14.7 Å². The number of fused-ring (bicyclic) bond motifs is 12. The maximum Gasteiger partial charge on any atom is 0.252 e. The van der Waals surface area contributed by atoms with Crippen LogP contribution in [-0.2, 0) is 28.1 Å². The topological polar surface area (TPSA) is 22.9 Å². The van der Waals surface area contributed by atoms with Crippen LogP contribution in [0.1, 0.15) is 115 Å². The highest BCUT2D eigenvalue weighted by Gasteiger charge is 2.49. The number of furan rings is 1. The quantitative estimate of drug-likeness (QED) is 0.155. The predicted molar refractivity (Wildman–Crippen MR) is 349 cm³/mol. The lowest BCUT2D eigenvalue weighted by Gasteiger charge is -2.48. The summed E-state index contributed by atoms with van der Waals surface area (Å²) in [5.41, 5.74) is 29.5. The van der Waals surface area contributed by atoms with Gasteiger partial charge >= 0.3 is 0 Å². The van der Waals surface area contributed by atoms with Gasteiger partial charge in [0.05, 0.1) is 11.4 Å². The summed E-state index contributed by atoms with van der Waals surface area (Å²) in [6, 6.07) is 78.4. The SMILES string of the molecule is CC(C)(C)c1ccc(N2c3cc(N(c4ccccc4)c4ccccc4)cc4c3B(c3cc5c(cc3N4c3ccc4oc6ccccc6c4c3)C(C)(C)CCC5(C)C)c3ccc4c(c32)-c2cccc(C(C)(C)C)c2C4)c(-c2ccccc2)c1. The molecule has 0 saturated heterocycles. The summed E-state index contributed by atoms with van der Waals surface area (Å²) in [5.74, 6) is 0. The standard InChI is InChI=1S/C77H70BN3O/c1-74(2,3)50-34-37-65(57(42-50)48-23-14-11-15-24-48)81-68-45-54(79(51-25-16-12-17-26-51)52-27-18-13-19-28-52)44-67-72(68)78(63-36-33-49-41-58-56(71(49)73(63)81)30-22-31-60(58)75(4,5)6)64-46-61-62(77(9,10)40-39-76(61,7)8)47-66(64)80(67)53-35-38-70-59(43-53)55-29-20-21-32-69(55)82-70/h11-38,42-47H,39-41H2,1-10H3. The smallest absolute Gasteiger partial charge is 0.252 e. The number of anilines is 9. The Kier molecular flexibility index (Phi) is 11.1. The fourth-order valence-corrected chi connectivity index (χ4v) is 14.7. The van der Waals surface area contributed by atoms with E-state index < -0.39 is 0 Å².